The molecule has 0 spiro atoms. The summed E-state index contributed by atoms with van der Waals surface area (Å²) in [5, 5.41) is 12.1. The van der Waals surface area contributed by atoms with E-state index < -0.39 is 0 Å². The van der Waals surface area contributed by atoms with E-state index in [-0.39, 0.29) is 6.61 Å². The molecule has 0 saturated carbocycles. The van der Waals surface area contributed by atoms with Gasteiger partial charge in [0.25, 0.3) is 0 Å². The first-order chi connectivity index (χ1) is 8.61. The molecule has 0 saturated heterocycles. The normalized spacial score (nSPS) is 10.7. The fourth-order valence-corrected chi connectivity index (χ4v) is 3.55. The lowest BCUT2D eigenvalue weighted by atomic mass is 10.1. The van der Waals surface area contributed by atoms with E-state index in [1.54, 1.807) is 17.4 Å². The van der Waals surface area contributed by atoms with Gasteiger partial charge in [-0.25, -0.2) is 0 Å². The van der Waals surface area contributed by atoms with Gasteiger partial charge in [-0.1, -0.05) is 17.7 Å². The van der Waals surface area contributed by atoms with Crippen molar-refractivity contribution in [3.05, 3.63) is 49.6 Å². The van der Waals surface area contributed by atoms with E-state index in [0.29, 0.717) is 5.02 Å². The number of benzene rings is 1. The Bertz CT molecular complexity index is 544. The molecular weight excluding hydrogens is 334 g/mol. The van der Waals surface area contributed by atoms with Crippen LogP contribution >= 0.6 is 38.9 Å². The molecule has 1 aromatic carbocycles. The number of halogens is 2. The quantitative estimate of drug-likeness (QED) is 0.892. The van der Waals surface area contributed by atoms with Crippen LogP contribution in [-0.2, 0) is 13.2 Å². The molecule has 18 heavy (non-hydrogen) atoms. The van der Waals surface area contributed by atoms with Crippen LogP contribution in [-0.4, -0.2) is 12.2 Å². The third kappa shape index (κ3) is 3.06. The molecule has 5 heteroatoms. The summed E-state index contributed by atoms with van der Waals surface area (Å²) >= 11 is 11.2. The van der Waals surface area contributed by atoms with E-state index in [0.717, 1.165) is 22.3 Å². The highest BCUT2D eigenvalue weighted by molar-refractivity contribution is 9.10. The first-order valence-corrected chi connectivity index (χ1v) is 7.49. The van der Waals surface area contributed by atoms with Gasteiger partial charge in [-0.15, -0.1) is 11.3 Å². The Labute approximate surface area is 124 Å². The van der Waals surface area contributed by atoms with Crippen LogP contribution in [0.2, 0.25) is 5.02 Å². The van der Waals surface area contributed by atoms with Crippen molar-refractivity contribution in [2.75, 3.05) is 11.9 Å². The molecule has 0 unspecified atom stereocenters. The second-order valence-corrected chi connectivity index (χ2v) is 6.30. The molecule has 0 fully saturated rings. The Hall–Kier alpha value is -0.550. The Morgan fingerprint density at radius 1 is 1.44 bits per heavy atom. The molecule has 0 aliphatic carbocycles. The zero-order valence-corrected chi connectivity index (χ0v) is 13.0. The van der Waals surface area contributed by atoms with Crippen molar-refractivity contribution in [3.8, 4) is 0 Å². The van der Waals surface area contributed by atoms with Crippen LogP contribution in [0.1, 0.15) is 10.4 Å². The summed E-state index contributed by atoms with van der Waals surface area (Å²) in [4.78, 5) is 3.35. The largest absolute Gasteiger partial charge is 0.392 e. The number of nitrogens with zero attached hydrogens (tertiary/aromatic N) is 1. The van der Waals surface area contributed by atoms with E-state index >= 15 is 0 Å². The van der Waals surface area contributed by atoms with Gasteiger partial charge < -0.3 is 10.0 Å². The highest BCUT2D eigenvalue weighted by atomic mass is 79.9. The van der Waals surface area contributed by atoms with Gasteiger partial charge in [0.1, 0.15) is 0 Å². The predicted molar refractivity (Wildman–Crippen MR) is 81.5 cm³/mol. The number of aliphatic hydroxyl groups is 1. The summed E-state index contributed by atoms with van der Waals surface area (Å²) in [7, 11) is 2.00. The second-order valence-electron chi connectivity index (χ2n) is 3.98. The monoisotopic (exact) mass is 345 g/mol. The number of thiophene rings is 1. The molecule has 0 amide bonds. The lowest BCUT2D eigenvalue weighted by molar-refractivity contribution is 0.282. The third-order valence-electron chi connectivity index (χ3n) is 2.68. The van der Waals surface area contributed by atoms with Gasteiger partial charge in [0.2, 0.25) is 0 Å². The highest BCUT2D eigenvalue weighted by Gasteiger charge is 2.11. The first-order valence-electron chi connectivity index (χ1n) is 5.44. The molecule has 96 valence electrons. The SMILES string of the molecule is CN(Cc1cc(Br)cs1)c1cccc(Cl)c1CO. The van der Waals surface area contributed by atoms with Crippen LogP contribution in [0.25, 0.3) is 0 Å². The standard InChI is InChI=1S/C13H13BrClNOS/c1-16(6-10-5-9(14)8-18-10)13-4-2-3-12(15)11(13)7-17/h2-5,8,17H,6-7H2,1H3. The summed E-state index contributed by atoms with van der Waals surface area (Å²) in [6, 6.07) is 7.77. The topological polar surface area (TPSA) is 23.5 Å². The summed E-state index contributed by atoms with van der Waals surface area (Å²) in [5.74, 6) is 0. The van der Waals surface area contributed by atoms with E-state index in [1.807, 2.05) is 19.2 Å². The van der Waals surface area contributed by atoms with Gasteiger partial charge in [-0.3, -0.25) is 0 Å². The maximum Gasteiger partial charge on any atom is 0.0716 e. The van der Waals surface area contributed by atoms with Gasteiger partial charge >= 0.3 is 0 Å². The molecule has 0 atom stereocenters. The van der Waals surface area contributed by atoms with E-state index in [4.69, 9.17) is 11.6 Å². The Morgan fingerprint density at radius 2 is 2.22 bits per heavy atom. The fraction of sp³-hybridized carbons (Fsp3) is 0.231. The van der Waals surface area contributed by atoms with Gasteiger partial charge in [0.15, 0.2) is 0 Å². The minimum absolute atomic E-state index is 0.0481. The lowest BCUT2D eigenvalue weighted by Crippen LogP contribution is -2.17. The predicted octanol–water partition coefficient (Wildman–Crippen LogP) is 4.29. The highest BCUT2D eigenvalue weighted by Crippen LogP contribution is 2.29. The lowest BCUT2D eigenvalue weighted by Gasteiger charge is -2.22. The van der Waals surface area contributed by atoms with Crippen LogP contribution in [0.15, 0.2) is 34.1 Å². The van der Waals surface area contributed by atoms with Gasteiger partial charge in [0, 0.05) is 38.1 Å². The van der Waals surface area contributed by atoms with E-state index in [2.05, 4.69) is 32.3 Å². The molecule has 1 aromatic heterocycles. The summed E-state index contributed by atoms with van der Waals surface area (Å²) in [5.41, 5.74) is 1.74. The minimum atomic E-state index is -0.0481. The van der Waals surface area contributed by atoms with Crippen LogP contribution in [0, 0.1) is 0 Å². The van der Waals surface area contributed by atoms with Crippen molar-refractivity contribution >= 4 is 44.6 Å². The van der Waals surface area contributed by atoms with Crippen LogP contribution in [0.3, 0.4) is 0 Å². The summed E-state index contributed by atoms with van der Waals surface area (Å²) in [6.45, 7) is 0.747. The maximum atomic E-state index is 9.40. The zero-order valence-electron chi connectivity index (χ0n) is 9.86. The molecule has 2 aromatic rings. The van der Waals surface area contributed by atoms with Crippen molar-refractivity contribution < 1.29 is 5.11 Å². The van der Waals surface area contributed by atoms with Crippen molar-refractivity contribution in [2.45, 2.75) is 13.2 Å². The van der Waals surface area contributed by atoms with Gasteiger partial charge in [-0.2, -0.15) is 0 Å². The number of rotatable bonds is 4. The van der Waals surface area contributed by atoms with Crippen molar-refractivity contribution in [3.63, 3.8) is 0 Å². The summed E-state index contributed by atoms with van der Waals surface area (Å²) < 4.78 is 1.10. The molecule has 0 aliphatic rings. The van der Waals surface area contributed by atoms with E-state index in [9.17, 15) is 5.11 Å². The molecule has 2 rings (SSSR count). The van der Waals surface area contributed by atoms with Crippen molar-refractivity contribution in [1.82, 2.24) is 0 Å². The van der Waals surface area contributed by atoms with Crippen molar-refractivity contribution in [1.29, 1.82) is 0 Å². The molecule has 0 aliphatic heterocycles. The Kier molecular flexibility index (Phi) is 4.67. The summed E-state index contributed by atoms with van der Waals surface area (Å²) in [6.07, 6.45) is 0. The molecular formula is C13H13BrClNOS. The maximum absolute atomic E-state index is 9.40. The third-order valence-corrected chi connectivity index (χ3v) is 4.71. The van der Waals surface area contributed by atoms with E-state index in [1.165, 1.54) is 4.88 Å². The van der Waals surface area contributed by atoms with Crippen molar-refractivity contribution in [2.24, 2.45) is 0 Å². The number of hydrogen-bond donors (Lipinski definition) is 1. The number of hydrogen-bond acceptors (Lipinski definition) is 3. The average molecular weight is 347 g/mol. The fourth-order valence-electron chi connectivity index (χ4n) is 1.82. The minimum Gasteiger partial charge on any atom is -0.392 e. The van der Waals surface area contributed by atoms with Gasteiger partial charge in [-0.05, 0) is 34.1 Å². The zero-order chi connectivity index (χ0) is 13.1. The Balaban J connectivity index is 2.23. The van der Waals surface area contributed by atoms with Crippen LogP contribution in [0.4, 0.5) is 5.69 Å². The van der Waals surface area contributed by atoms with Gasteiger partial charge in [0.05, 0.1) is 13.2 Å². The van der Waals surface area contributed by atoms with Crippen LogP contribution in [0.5, 0.6) is 0 Å². The smallest absolute Gasteiger partial charge is 0.0716 e. The number of anilines is 1. The molecule has 2 nitrogen and oxygen atoms in total. The first kappa shape index (κ1) is 13.9. The molecule has 1 N–H and O–H groups in total. The molecule has 1 heterocycles. The molecule has 0 radical (unpaired) electrons. The second kappa shape index (κ2) is 6.06. The average Bonchev–Trinajstić information content (AvgIpc) is 2.74. The Morgan fingerprint density at radius 3 is 2.83 bits per heavy atom. The number of aliphatic hydroxyl groups excluding tert-OH is 1. The van der Waals surface area contributed by atoms with Crippen LogP contribution < -0.4 is 4.90 Å². The molecule has 0 bridgehead atoms.